The van der Waals surface area contributed by atoms with Crippen molar-refractivity contribution in [1.29, 1.82) is 0 Å². The van der Waals surface area contributed by atoms with Gasteiger partial charge >= 0.3 is 11.8 Å². The lowest BCUT2D eigenvalue weighted by atomic mass is 10.1. The summed E-state index contributed by atoms with van der Waals surface area (Å²) in [5.74, 6) is -1.52. The molecule has 0 bridgehead atoms. The van der Waals surface area contributed by atoms with Crippen LogP contribution < -0.4 is 16.2 Å². The number of hydrogen-bond acceptors (Lipinski definition) is 5. The zero-order valence-corrected chi connectivity index (χ0v) is 12.9. The van der Waals surface area contributed by atoms with Gasteiger partial charge in [-0.15, -0.1) is 0 Å². The number of nitrogens with zero attached hydrogens (tertiary/aromatic N) is 1. The molecule has 0 saturated heterocycles. The largest absolute Gasteiger partial charge is 0.383 e. The number of carbonyl (C=O) groups is 2. The van der Waals surface area contributed by atoms with Crippen LogP contribution in [0.15, 0.2) is 29.1 Å². The van der Waals surface area contributed by atoms with E-state index < -0.39 is 11.8 Å². The van der Waals surface area contributed by atoms with Crippen LogP contribution in [0.25, 0.3) is 10.8 Å². The number of aromatic nitrogens is 2. The fourth-order valence-corrected chi connectivity index (χ4v) is 2.13. The highest BCUT2D eigenvalue weighted by atomic mass is 16.5. The fraction of sp³-hybridized carbons (Fsp3) is 0.333. The number of benzene rings is 1. The number of ether oxygens (including phenoxy) is 1. The molecule has 1 atom stereocenters. The first kappa shape index (κ1) is 16.6. The van der Waals surface area contributed by atoms with E-state index in [0.29, 0.717) is 23.1 Å². The Morgan fingerprint density at radius 2 is 1.96 bits per heavy atom. The minimum Gasteiger partial charge on any atom is -0.383 e. The molecule has 0 radical (unpaired) electrons. The first-order valence-corrected chi connectivity index (χ1v) is 7.07. The monoisotopic (exact) mass is 318 g/mol. The molecule has 0 spiro atoms. The van der Waals surface area contributed by atoms with Crippen LogP contribution in [-0.4, -0.2) is 41.8 Å². The highest BCUT2D eigenvalue weighted by Crippen LogP contribution is 2.11. The fourth-order valence-electron chi connectivity index (χ4n) is 2.13. The number of carbonyl (C=O) groups excluding carboxylic acids is 2. The molecule has 8 nitrogen and oxygen atoms in total. The summed E-state index contributed by atoms with van der Waals surface area (Å²) < 4.78 is 4.88. The third kappa shape index (κ3) is 4.13. The van der Waals surface area contributed by atoms with Crippen molar-refractivity contribution >= 4 is 22.6 Å². The Morgan fingerprint density at radius 3 is 2.65 bits per heavy atom. The van der Waals surface area contributed by atoms with E-state index in [2.05, 4.69) is 20.8 Å². The standard InChI is InChI=1S/C15H18N4O4/c1-9(8-23-2)17-15(22)14(21)16-7-12-10-5-3-4-6-11(10)13(20)19-18-12/h3-6,9H,7-8H2,1-2H3,(H,16,21)(H,17,22)(H,19,20)/t9-/m1/s1. The van der Waals surface area contributed by atoms with Crippen molar-refractivity contribution in [3.63, 3.8) is 0 Å². The number of methoxy groups -OCH3 is 1. The molecule has 1 aromatic heterocycles. The van der Waals surface area contributed by atoms with Gasteiger partial charge in [0.25, 0.3) is 5.56 Å². The number of nitrogens with one attached hydrogen (secondary N) is 3. The first-order chi connectivity index (χ1) is 11.0. The zero-order valence-electron chi connectivity index (χ0n) is 12.9. The average Bonchev–Trinajstić information content (AvgIpc) is 2.54. The molecule has 0 saturated carbocycles. The van der Waals surface area contributed by atoms with Gasteiger partial charge in [0.05, 0.1) is 24.2 Å². The second-order valence-corrected chi connectivity index (χ2v) is 5.06. The second kappa shape index (κ2) is 7.50. The maximum atomic E-state index is 11.8. The van der Waals surface area contributed by atoms with Gasteiger partial charge in [-0.1, -0.05) is 18.2 Å². The summed E-state index contributed by atoms with van der Waals surface area (Å²) in [5, 5.41) is 12.4. The third-order valence-electron chi connectivity index (χ3n) is 3.19. The van der Waals surface area contributed by atoms with Crippen molar-refractivity contribution in [2.24, 2.45) is 0 Å². The lowest BCUT2D eigenvalue weighted by molar-refractivity contribution is -0.139. The Morgan fingerprint density at radius 1 is 1.26 bits per heavy atom. The van der Waals surface area contributed by atoms with Gasteiger partial charge in [-0.05, 0) is 13.0 Å². The summed E-state index contributed by atoms with van der Waals surface area (Å²) >= 11 is 0. The number of aromatic amines is 1. The summed E-state index contributed by atoms with van der Waals surface area (Å²) in [4.78, 5) is 35.2. The van der Waals surface area contributed by atoms with Crippen LogP contribution in [0.2, 0.25) is 0 Å². The van der Waals surface area contributed by atoms with Gasteiger partial charge in [-0.2, -0.15) is 5.10 Å². The first-order valence-electron chi connectivity index (χ1n) is 7.07. The third-order valence-corrected chi connectivity index (χ3v) is 3.19. The van der Waals surface area contributed by atoms with Gasteiger partial charge in [-0.25, -0.2) is 5.10 Å². The van der Waals surface area contributed by atoms with Gasteiger partial charge in [0.1, 0.15) is 0 Å². The molecule has 0 unspecified atom stereocenters. The second-order valence-electron chi connectivity index (χ2n) is 5.06. The molecule has 0 aliphatic rings. The van der Waals surface area contributed by atoms with Crippen molar-refractivity contribution in [3.8, 4) is 0 Å². The van der Waals surface area contributed by atoms with Crippen LogP contribution in [0.3, 0.4) is 0 Å². The number of hydrogen-bond donors (Lipinski definition) is 3. The molecule has 8 heteroatoms. The summed E-state index contributed by atoms with van der Waals surface area (Å²) in [6.45, 7) is 2.07. The Balaban J connectivity index is 2.04. The van der Waals surface area contributed by atoms with E-state index in [1.807, 2.05) is 0 Å². The van der Waals surface area contributed by atoms with Crippen molar-refractivity contribution in [1.82, 2.24) is 20.8 Å². The van der Waals surface area contributed by atoms with Crippen LogP contribution in [0, 0.1) is 0 Å². The highest BCUT2D eigenvalue weighted by molar-refractivity contribution is 6.35. The van der Waals surface area contributed by atoms with Gasteiger partial charge in [-0.3, -0.25) is 14.4 Å². The van der Waals surface area contributed by atoms with Crippen LogP contribution in [0.4, 0.5) is 0 Å². The molecule has 122 valence electrons. The van der Waals surface area contributed by atoms with Crippen LogP contribution in [-0.2, 0) is 20.9 Å². The average molecular weight is 318 g/mol. The molecule has 2 rings (SSSR count). The quantitative estimate of drug-likeness (QED) is 0.655. The lowest BCUT2D eigenvalue weighted by Gasteiger charge is -2.12. The summed E-state index contributed by atoms with van der Waals surface area (Å²) in [5.41, 5.74) is 0.174. The minimum atomic E-state index is -0.773. The van der Waals surface area contributed by atoms with E-state index in [-0.39, 0.29) is 18.1 Å². The molecule has 1 aromatic carbocycles. The molecule has 0 fully saturated rings. The van der Waals surface area contributed by atoms with Crippen molar-refractivity contribution in [2.45, 2.75) is 19.5 Å². The molecule has 0 aliphatic carbocycles. The van der Waals surface area contributed by atoms with Gasteiger partial charge in [0, 0.05) is 18.5 Å². The summed E-state index contributed by atoms with van der Waals surface area (Å²) in [7, 11) is 1.51. The van der Waals surface area contributed by atoms with E-state index in [1.165, 1.54) is 7.11 Å². The Hall–Kier alpha value is -2.74. The van der Waals surface area contributed by atoms with Crippen LogP contribution in [0.5, 0.6) is 0 Å². The number of rotatable bonds is 5. The molecular formula is C15H18N4O4. The minimum absolute atomic E-state index is 0.0300. The smallest absolute Gasteiger partial charge is 0.309 e. The topological polar surface area (TPSA) is 113 Å². The predicted octanol–water partition coefficient (Wildman–Crippen LogP) is -0.310. The normalized spacial score (nSPS) is 11.9. The molecule has 2 amide bonds. The Bertz CT molecular complexity index is 771. The summed E-state index contributed by atoms with van der Waals surface area (Å²) in [6.07, 6.45) is 0. The maximum Gasteiger partial charge on any atom is 0.309 e. The van der Waals surface area contributed by atoms with E-state index in [9.17, 15) is 14.4 Å². The summed E-state index contributed by atoms with van der Waals surface area (Å²) in [6, 6.07) is 6.64. The molecule has 0 aliphatic heterocycles. The molecular weight excluding hydrogens is 300 g/mol. The Kier molecular flexibility index (Phi) is 5.42. The van der Waals surface area contributed by atoms with Gasteiger partial charge < -0.3 is 15.4 Å². The highest BCUT2D eigenvalue weighted by Gasteiger charge is 2.16. The van der Waals surface area contributed by atoms with E-state index >= 15 is 0 Å². The van der Waals surface area contributed by atoms with Gasteiger partial charge in [0.15, 0.2) is 0 Å². The van der Waals surface area contributed by atoms with E-state index in [4.69, 9.17) is 4.74 Å². The van der Waals surface area contributed by atoms with Crippen molar-refractivity contribution in [3.05, 3.63) is 40.3 Å². The van der Waals surface area contributed by atoms with Gasteiger partial charge in [0.2, 0.25) is 0 Å². The maximum absolute atomic E-state index is 11.8. The molecule has 2 aromatic rings. The van der Waals surface area contributed by atoms with E-state index in [0.717, 1.165) is 0 Å². The van der Waals surface area contributed by atoms with Crippen LogP contribution in [0.1, 0.15) is 12.6 Å². The number of H-pyrrole nitrogens is 1. The number of amides is 2. The SMILES string of the molecule is COC[C@@H](C)NC(=O)C(=O)NCc1n[nH]c(=O)c2ccccc12. The molecule has 3 N–H and O–H groups in total. The van der Waals surface area contributed by atoms with Crippen molar-refractivity contribution < 1.29 is 14.3 Å². The van der Waals surface area contributed by atoms with E-state index in [1.54, 1.807) is 31.2 Å². The Labute approximate surface area is 132 Å². The lowest BCUT2D eigenvalue weighted by Crippen LogP contribution is -2.44. The molecule has 1 heterocycles. The predicted molar refractivity (Wildman–Crippen MR) is 83.7 cm³/mol. The van der Waals surface area contributed by atoms with Crippen LogP contribution >= 0.6 is 0 Å². The molecule has 23 heavy (non-hydrogen) atoms. The zero-order chi connectivity index (χ0) is 16.8. The van der Waals surface area contributed by atoms with Crippen molar-refractivity contribution in [2.75, 3.05) is 13.7 Å². The number of fused-ring (bicyclic) bond motifs is 1.